The van der Waals surface area contributed by atoms with Crippen LogP contribution in [0.1, 0.15) is 5.56 Å². The quantitative estimate of drug-likeness (QED) is 0.617. The second-order valence-electron chi connectivity index (χ2n) is 4.85. The van der Waals surface area contributed by atoms with Crippen molar-refractivity contribution in [2.24, 2.45) is 0 Å². The fourth-order valence-corrected chi connectivity index (χ4v) is 1.96. The van der Waals surface area contributed by atoms with Crippen molar-refractivity contribution in [3.05, 3.63) is 74.7 Å². The Labute approximate surface area is 126 Å². The zero-order valence-corrected chi connectivity index (χ0v) is 12.0. The zero-order valence-electron chi connectivity index (χ0n) is 12.0. The van der Waals surface area contributed by atoms with Gasteiger partial charge in [0, 0.05) is 25.7 Å². The minimum absolute atomic E-state index is 0.224. The maximum atomic E-state index is 12.1. The first-order valence-corrected chi connectivity index (χ1v) is 6.60. The molecule has 0 saturated carbocycles. The number of hydrogen-bond acceptors (Lipinski definition) is 4. The van der Waals surface area contributed by atoms with E-state index in [1.807, 2.05) is 30.3 Å². The summed E-state index contributed by atoms with van der Waals surface area (Å²) in [7, 11) is 1.62. The Morgan fingerprint density at radius 1 is 1.23 bits per heavy atom. The van der Waals surface area contributed by atoms with E-state index in [1.54, 1.807) is 7.05 Å². The van der Waals surface area contributed by atoms with Gasteiger partial charge in [0.05, 0.1) is 11.1 Å². The van der Waals surface area contributed by atoms with E-state index in [4.69, 9.17) is 0 Å². The summed E-state index contributed by atoms with van der Waals surface area (Å²) in [5.74, 6) is -0.300. The van der Waals surface area contributed by atoms with E-state index < -0.39 is 10.5 Å². The maximum absolute atomic E-state index is 12.1. The average Bonchev–Trinajstić information content (AvgIpc) is 2.50. The molecule has 0 fully saturated rings. The average molecular weight is 301 g/mol. The van der Waals surface area contributed by atoms with E-state index in [0.717, 1.165) is 28.5 Å². The fraction of sp³-hybridized carbons (Fsp3) is 0.200. The van der Waals surface area contributed by atoms with Gasteiger partial charge in [0.1, 0.15) is 6.54 Å². The Morgan fingerprint density at radius 2 is 1.91 bits per heavy atom. The third-order valence-electron chi connectivity index (χ3n) is 3.17. The van der Waals surface area contributed by atoms with Gasteiger partial charge in [-0.05, 0) is 5.56 Å². The van der Waals surface area contributed by atoms with Crippen LogP contribution in [-0.2, 0) is 17.9 Å². The third-order valence-corrected chi connectivity index (χ3v) is 3.17. The number of nitrogens with zero attached hydrogens (tertiary/aromatic N) is 3. The van der Waals surface area contributed by atoms with Gasteiger partial charge in [-0.3, -0.25) is 24.3 Å². The Bertz CT molecular complexity index is 740. The summed E-state index contributed by atoms with van der Waals surface area (Å²) in [4.78, 5) is 35.4. The molecule has 114 valence electrons. The predicted molar refractivity (Wildman–Crippen MR) is 80.3 cm³/mol. The summed E-state index contributed by atoms with van der Waals surface area (Å²) < 4.78 is 1.04. The van der Waals surface area contributed by atoms with Crippen LogP contribution in [0.4, 0.5) is 5.69 Å². The fourth-order valence-electron chi connectivity index (χ4n) is 1.96. The first-order chi connectivity index (χ1) is 10.5. The van der Waals surface area contributed by atoms with Crippen LogP contribution in [0.3, 0.4) is 0 Å². The van der Waals surface area contributed by atoms with Crippen molar-refractivity contribution in [1.29, 1.82) is 0 Å². The predicted octanol–water partition coefficient (Wildman–Crippen LogP) is 1.42. The number of amides is 1. The Morgan fingerprint density at radius 3 is 2.55 bits per heavy atom. The lowest BCUT2D eigenvalue weighted by Gasteiger charge is -2.17. The first-order valence-electron chi connectivity index (χ1n) is 6.60. The van der Waals surface area contributed by atoms with Crippen LogP contribution in [0, 0.1) is 10.1 Å². The molecule has 0 atom stereocenters. The third kappa shape index (κ3) is 3.78. The van der Waals surface area contributed by atoms with E-state index in [0.29, 0.717) is 6.54 Å². The molecule has 0 radical (unpaired) electrons. The Hall–Kier alpha value is -2.96. The molecule has 0 N–H and O–H groups in total. The molecule has 7 heteroatoms. The highest BCUT2D eigenvalue weighted by molar-refractivity contribution is 5.75. The molecule has 0 bridgehead atoms. The molecular weight excluding hydrogens is 286 g/mol. The summed E-state index contributed by atoms with van der Waals surface area (Å²) in [6, 6.07) is 11.6. The number of benzene rings is 1. The Kier molecular flexibility index (Phi) is 4.67. The van der Waals surface area contributed by atoms with Crippen LogP contribution in [0.25, 0.3) is 0 Å². The Balaban J connectivity index is 2.10. The molecule has 22 heavy (non-hydrogen) atoms. The minimum Gasteiger partial charge on any atom is -0.340 e. The summed E-state index contributed by atoms with van der Waals surface area (Å²) in [5, 5.41) is 10.7. The summed E-state index contributed by atoms with van der Waals surface area (Å²) in [5.41, 5.74) is 0.287. The van der Waals surface area contributed by atoms with Crippen molar-refractivity contribution in [3.63, 3.8) is 0 Å². The molecule has 1 amide bonds. The lowest BCUT2D eigenvalue weighted by atomic mass is 10.2. The van der Waals surface area contributed by atoms with Crippen molar-refractivity contribution in [2.75, 3.05) is 7.05 Å². The number of pyridine rings is 1. The molecule has 2 rings (SSSR count). The van der Waals surface area contributed by atoms with Gasteiger partial charge < -0.3 is 4.90 Å². The number of carbonyl (C=O) groups excluding carboxylic acids is 1. The van der Waals surface area contributed by atoms with Crippen molar-refractivity contribution in [3.8, 4) is 0 Å². The monoisotopic (exact) mass is 301 g/mol. The molecule has 0 unspecified atom stereocenters. The van der Waals surface area contributed by atoms with Gasteiger partial charge in [0.25, 0.3) is 11.2 Å². The maximum Gasteiger partial charge on any atom is 0.285 e. The van der Waals surface area contributed by atoms with Crippen LogP contribution in [0.5, 0.6) is 0 Å². The number of rotatable bonds is 5. The number of nitro groups is 1. The number of aromatic nitrogens is 1. The first kappa shape index (κ1) is 15.4. The molecule has 2 aromatic rings. The topological polar surface area (TPSA) is 85.4 Å². The normalized spacial score (nSPS) is 10.2. The van der Waals surface area contributed by atoms with Gasteiger partial charge >= 0.3 is 0 Å². The summed E-state index contributed by atoms with van der Waals surface area (Å²) >= 11 is 0. The van der Waals surface area contributed by atoms with Gasteiger partial charge in [-0.2, -0.15) is 0 Å². The highest BCUT2D eigenvalue weighted by atomic mass is 16.6. The van der Waals surface area contributed by atoms with Crippen molar-refractivity contribution in [1.82, 2.24) is 9.47 Å². The highest BCUT2D eigenvalue weighted by Crippen LogP contribution is 2.07. The molecular formula is C15H15N3O4. The molecule has 1 aromatic heterocycles. The van der Waals surface area contributed by atoms with Crippen LogP contribution >= 0.6 is 0 Å². The van der Waals surface area contributed by atoms with Crippen molar-refractivity contribution < 1.29 is 9.72 Å². The van der Waals surface area contributed by atoms with Gasteiger partial charge in [0.15, 0.2) is 0 Å². The van der Waals surface area contributed by atoms with Crippen LogP contribution < -0.4 is 5.56 Å². The second kappa shape index (κ2) is 6.66. The molecule has 0 saturated heterocycles. The molecule has 0 aliphatic carbocycles. The van der Waals surface area contributed by atoms with Crippen LogP contribution in [0.2, 0.25) is 0 Å². The van der Waals surface area contributed by atoms with E-state index in [1.165, 1.54) is 4.90 Å². The molecule has 7 nitrogen and oxygen atoms in total. The van der Waals surface area contributed by atoms with Crippen molar-refractivity contribution >= 4 is 11.6 Å². The van der Waals surface area contributed by atoms with Gasteiger partial charge in [-0.15, -0.1) is 0 Å². The van der Waals surface area contributed by atoms with Gasteiger partial charge in [-0.1, -0.05) is 30.3 Å². The van der Waals surface area contributed by atoms with Crippen LogP contribution in [-0.4, -0.2) is 27.3 Å². The smallest absolute Gasteiger partial charge is 0.285 e. The SMILES string of the molecule is CN(Cc1ccccc1)C(=O)Cn1cc([N+](=O)[O-])ccc1=O. The number of hydrogen-bond donors (Lipinski definition) is 0. The second-order valence-corrected chi connectivity index (χ2v) is 4.85. The molecule has 0 aliphatic heterocycles. The zero-order chi connectivity index (χ0) is 16.1. The largest absolute Gasteiger partial charge is 0.340 e. The standard InChI is InChI=1S/C15H15N3O4/c1-16(9-12-5-3-2-4-6-12)15(20)11-17-10-13(18(21)22)7-8-14(17)19/h2-8,10H,9,11H2,1H3. The lowest BCUT2D eigenvalue weighted by Crippen LogP contribution is -2.33. The van der Waals surface area contributed by atoms with E-state index in [2.05, 4.69) is 0 Å². The lowest BCUT2D eigenvalue weighted by molar-refractivity contribution is -0.385. The molecule has 0 aliphatic rings. The van der Waals surface area contributed by atoms with Gasteiger partial charge in [0.2, 0.25) is 5.91 Å². The minimum atomic E-state index is -0.603. The summed E-state index contributed by atoms with van der Waals surface area (Å²) in [6.45, 7) is 0.174. The van der Waals surface area contributed by atoms with E-state index in [-0.39, 0.29) is 18.1 Å². The van der Waals surface area contributed by atoms with Crippen LogP contribution in [0.15, 0.2) is 53.5 Å². The number of likely N-dealkylation sites (N-methyl/N-ethyl adjacent to an activating group) is 1. The van der Waals surface area contributed by atoms with E-state index >= 15 is 0 Å². The van der Waals surface area contributed by atoms with Gasteiger partial charge in [-0.25, -0.2) is 0 Å². The van der Waals surface area contributed by atoms with Crippen molar-refractivity contribution in [2.45, 2.75) is 13.1 Å². The van der Waals surface area contributed by atoms with E-state index in [9.17, 15) is 19.7 Å². The molecule has 1 heterocycles. The number of carbonyl (C=O) groups is 1. The molecule has 0 spiro atoms. The summed E-state index contributed by atoms with van der Waals surface area (Å²) in [6.07, 6.45) is 1.08. The highest BCUT2D eigenvalue weighted by Gasteiger charge is 2.13. The molecule has 1 aromatic carbocycles.